The Balaban J connectivity index is 1.90. The average molecular weight is 338 g/mol. The van der Waals surface area contributed by atoms with Crippen molar-refractivity contribution in [2.24, 2.45) is 0 Å². The van der Waals surface area contributed by atoms with E-state index in [9.17, 15) is 18.0 Å². The normalized spacial score (nSPS) is 19.3. The summed E-state index contributed by atoms with van der Waals surface area (Å²) in [6.45, 7) is 3.94. The molecular weight excluding hydrogens is 316 g/mol. The van der Waals surface area contributed by atoms with Gasteiger partial charge in [-0.1, -0.05) is 17.7 Å². The van der Waals surface area contributed by atoms with E-state index < -0.39 is 9.84 Å². The molecule has 1 aliphatic rings. The lowest BCUT2D eigenvalue weighted by molar-refractivity contribution is -0.130. The molecule has 1 aromatic rings. The molecule has 0 saturated carbocycles. The Morgan fingerprint density at radius 2 is 2.09 bits per heavy atom. The van der Waals surface area contributed by atoms with Crippen LogP contribution in [0.5, 0.6) is 0 Å². The topological polar surface area (TPSA) is 83.6 Å². The molecule has 1 aromatic carbocycles. The molecule has 0 aromatic heterocycles. The highest BCUT2D eigenvalue weighted by Gasteiger charge is 2.33. The minimum absolute atomic E-state index is 0.0123. The van der Waals surface area contributed by atoms with Crippen LogP contribution in [0.2, 0.25) is 0 Å². The number of hydrogen-bond acceptors (Lipinski definition) is 4. The second-order valence-electron chi connectivity index (χ2n) is 5.89. The summed E-state index contributed by atoms with van der Waals surface area (Å²) in [5.41, 5.74) is 1.57. The molecule has 1 N–H and O–H groups in total. The second kappa shape index (κ2) is 7.12. The largest absolute Gasteiger partial charge is 0.350 e. The summed E-state index contributed by atoms with van der Waals surface area (Å²) in [6.07, 6.45) is 0.466. The first kappa shape index (κ1) is 17.5. The highest BCUT2D eigenvalue weighted by molar-refractivity contribution is 7.91. The first-order valence-corrected chi connectivity index (χ1v) is 9.43. The van der Waals surface area contributed by atoms with Crippen LogP contribution in [0.1, 0.15) is 29.3 Å². The predicted octanol–water partition coefficient (Wildman–Crippen LogP) is 0.760. The molecule has 7 heteroatoms. The van der Waals surface area contributed by atoms with Crippen LogP contribution in [-0.4, -0.2) is 55.8 Å². The lowest BCUT2D eigenvalue weighted by Crippen LogP contribution is -2.44. The first-order valence-electron chi connectivity index (χ1n) is 7.61. The summed E-state index contributed by atoms with van der Waals surface area (Å²) in [7, 11) is -3.04. The van der Waals surface area contributed by atoms with Gasteiger partial charge in [-0.25, -0.2) is 8.42 Å². The summed E-state index contributed by atoms with van der Waals surface area (Å²) in [5.74, 6) is -0.233. The second-order valence-corrected chi connectivity index (χ2v) is 8.12. The minimum Gasteiger partial charge on any atom is -0.350 e. The number of sulfone groups is 1. The Morgan fingerprint density at radius 1 is 1.35 bits per heavy atom. The third-order valence-corrected chi connectivity index (χ3v) is 5.72. The van der Waals surface area contributed by atoms with Crippen molar-refractivity contribution in [3.63, 3.8) is 0 Å². The first-order chi connectivity index (χ1) is 10.8. The number of carbonyl (C=O) groups excluding carboxylic acids is 2. The molecule has 1 heterocycles. The van der Waals surface area contributed by atoms with E-state index in [1.165, 1.54) is 6.92 Å². The van der Waals surface area contributed by atoms with E-state index in [4.69, 9.17) is 0 Å². The fourth-order valence-corrected chi connectivity index (χ4v) is 4.53. The molecule has 126 valence electrons. The number of carbonyl (C=O) groups is 2. The maximum atomic E-state index is 12.1. The van der Waals surface area contributed by atoms with Gasteiger partial charge in [0.25, 0.3) is 5.91 Å². The van der Waals surface area contributed by atoms with Crippen LogP contribution in [0.15, 0.2) is 24.3 Å². The van der Waals surface area contributed by atoms with Gasteiger partial charge in [0.15, 0.2) is 9.84 Å². The van der Waals surface area contributed by atoms with E-state index in [1.54, 1.807) is 17.0 Å². The number of aryl methyl sites for hydroxylation is 1. The number of hydrogen-bond donors (Lipinski definition) is 1. The maximum absolute atomic E-state index is 12.1. The van der Waals surface area contributed by atoms with Gasteiger partial charge in [0, 0.05) is 31.6 Å². The molecule has 0 spiro atoms. The van der Waals surface area contributed by atoms with Gasteiger partial charge in [-0.05, 0) is 25.5 Å². The predicted molar refractivity (Wildman–Crippen MR) is 88.0 cm³/mol. The van der Waals surface area contributed by atoms with Crippen molar-refractivity contribution in [1.82, 2.24) is 10.2 Å². The molecule has 23 heavy (non-hydrogen) atoms. The summed E-state index contributed by atoms with van der Waals surface area (Å²) in [5, 5.41) is 2.77. The lowest BCUT2D eigenvalue weighted by atomic mass is 10.1. The van der Waals surface area contributed by atoms with Gasteiger partial charge in [-0.3, -0.25) is 9.59 Å². The van der Waals surface area contributed by atoms with Gasteiger partial charge in [0.1, 0.15) is 0 Å². The van der Waals surface area contributed by atoms with Crippen LogP contribution in [0.25, 0.3) is 0 Å². The molecule has 1 aliphatic heterocycles. The molecule has 0 bridgehead atoms. The summed E-state index contributed by atoms with van der Waals surface area (Å²) in [4.78, 5) is 25.4. The fourth-order valence-electron chi connectivity index (χ4n) is 2.80. The van der Waals surface area contributed by atoms with Crippen LogP contribution in [0.4, 0.5) is 0 Å². The van der Waals surface area contributed by atoms with E-state index in [0.29, 0.717) is 25.1 Å². The number of amides is 2. The fraction of sp³-hybridized carbons (Fsp3) is 0.500. The van der Waals surface area contributed by atoms with Gasteiger partial charge in [0.2, 0.25) is 5.91 Å². The summed E-state index contributed by atoms with van der Waals surface area (Å²) in [6, 6.07) is 6.97. The Labute approximate surface area is 136 Å². The van der Waals surface area contributed by atoms with E-state index in [-0.39, 0.29) is 29.4 Å². The highest BCUT2D eigenvalue weighted by Crippen LogP contribution is 2.17. The number of nitrogens with zero attached hydrogens (tertiary/aromatic N) is 1. The molecule has 2 amide bonds. The molecule has 1 unspecified atom stereocenters. The Bertz CT molecular complexity index is 700. The molecule has 2 rings (SSSR count). The van der Waals surface area contributed by atoms with E-state index >= 15 is 0 Å². The summed E-state index contributed by atoms with van der Waals surface area (Å²) >= 11 is 0. The Morgan fingerprint density at radius 3 is 2.65 bits per heavy atom. The van der Waals surface area contributed by atoms with Gasteiger partial charge in [-0.2, -0.15) is 0 Å². The molecular formula is C16H22N2O4S. The van der Waals surface area contributed by atoms with Crippen molar-refractivity contribution in [3.8, 4) is 0 Å². The zero-order valence-electron chi connectivity index (χ0n) is 13.4. The Hall–Kier alpha value is -1.89. The maximum Gasteiger partial charge on any atom is 0.251 e. The quantitative estimate of drug-likeness (QED) is 0.859. The minimum atomic E-state index is -3.04. The van der Waals surface area contributed by atoms with Crippen molar-refractivity contribution in [2.45, 2.75) is 26.3 Å². The molecule has 1 fully saturated rings. The SMILES string of the molecule is CC(=O)N(CCNC(=O)c1cccc(C)c1)C1CCS(=O)(=O)C1. The van der Waals surface area contributed by atoms with Crippen molar-refractivity contribution < 1.29 is 18.0 Å². The summed E-state index contributed by atoms with van der Waals surface area (Å²) < 4.78 is 23.1. The van der Waals surface area contributed by atoms with E-state index in [0.717, 1.165) is 5.56 Å². The average Bonchev–Trinajstić information content (AvgIpc) is 2.82. The van der Waals surface area contributed by atoms with Crippen molar-refractivity contribution >= 4 is 21.7 Å². The molecule has 1 atom stereocenters. The van der Waals surface area contributed by atoms with E-state index in [1.807, 2.05) is 19.1 Å². The van der Waals surface area contributed by atoms with Crippen LogP contribution in [0.3, 0.4) is 0 Å². The van der Waals surface area contributed by atoms with Gasteiger partial charge >= 0.3 is 0 Å². The molecule has 0 aliphatic carbocycles. The molecule has 1 saturated heterocycles. The number of rotatable bonds is 5. The van der Waals surface area contributed by atoms with Crippen LogP contribution >= 0.6 is 0 Å². The number of benzene rings is 1. The lowest BCUT2D eigenvalue weighted by Gasteiger charge is -2.27. The zero-order valence-corrected chi connectivity index (χ0v) is 14.2. The Kier molecular flexibility index (Phi) is 5.41. The third kappa shape index (κ3) is 4.79. The van der Waals surface area contributed by atoms with Crippen LogP contribution < -0.4 is 5.32 Å². The third-order valence-electron chi connectivity index (χ3n) is 3.97. The van der Waals surface area contributed by atoms with Crippen LogP contribution in [0, 0.1) is 6.92 Å². The molecule has 0 radical (unpaired) electrons. The van der Waals surface area contributed by atoms with Crippen molar-refractivity contribution in [3.05, 3.63) is 35.4 Å². The van der Waals surface area contributed by atoms with Crippen molar-refractivity contribution in [1.29, 1.82) is 0 Å². The van der Waals surface area contributed by atoms with Gasteiger partial charge in [0.05, 0.1) is 11.5 Å². The molecule has 6 nitrogen and oxygen atoms in total. The monoisotopic (exact) mass is 338 g/mol. The van der Waals surface area contributed by atoms with Crippen molar-refractivity contribution in [2.75, 3.05) is 24.6 Å². The van der Waals surface area contributed by atoms with E-state index in [2.05, 4.69) is 5.32 Å². The standard InChI is InChI=1S/C16H22N2O4S/c1-12-4-3-5-14(10-12)16(20)17-7-8-18(13(2)19)15-6-9-23(21,22)11-15/h3-5,10,15H,6-9,11H2,1-2H3,(H,17,20). The van der Waals surface area contributed by atoms with Crippen LogP contribution in [-0.2, 0) is 14.6 Å². The smallest absolute Gasteiger partial charge is 0.251 e. The zero-order chi connectivity index (χ0) is 17.0. The van der Waals surface area contributed by atoms with Gasteiger partial charge < -0.3 is 10.2 Å². The van der Waals surface area contributed by atoms with Gasteiger partial charge in [-0.15, -0.1) is 0 Å². The highest BCUT2D eigenvalue weighted by atomic mass is 32.2. The number of nitrogens with one attached hydrogen (secondary N) is 1.